The number of nitrogens with zero attached hydrogens (tertiary/aromatic N) is 3. The summed E-state index contributed by atoms with van der Waals surface area (Å²) in [6.07, 6.45) is 1.50. The van der Waals surface area contributed by atoms with E-state index in [0.717, 1.165) is 4.90 Å². The van der Waals surface area contributed by atoms with Gasteiger partial charge in [0.05, 0.1) is 11.9 Å². The number of thioether (sulfide) groups is 1. The summed E-state index contributed by atoms with van der Waals surface area (Å²) in [7, 11) is 1.72. The van der Waals surface area contributed by atoms with Gasteiger partial charge in [-0.1, -0.05) is 23.4 Å². The van der Waals surface area contributed by atoms with Gasteiger partial charge >= 0.3 is 0 Å². The number of aromatic nitrogens is 3. The topological polar surface area (TPSA) is 47.8 Å². The van der Waals surface area contributed by atoms with E-state index in [1.807, 2.05) is 31.2 Å². The Balaban J connectivity index is 2.02. The first kappa shape index (κ1) is 11.9. The third-order valence-corrected chi connectivity index (χ3v) is 3.63. The summed E-state index contributed by atoms with van der Waals surface area (Å²) in [6, 6.07) is 8.03. The van der Waals surface area contributed by atoms with E-state index in [1.54, 1.807) is 18.8 Å². The van der Waals surface area contributed by atoms with Crippen molar-refractivity contribution in [3.63, 3.8) is 0 Å². The Bertz CT molecular complexity index is 536. The Hall–Kier alpha value is -1.62. The van der Waals surface area contributed by atoms with E-state index >= 15 is 0 Å². The molecule has 0 radical (unpaired) electrons. The Kier molecular flexibility index (Phi) is 3.58. The summed E-state index contributed by atoms with van der Waals surface area (Å²) in [5, 5.41) is 7.45. The molecule has 0 amide bonds. The second-order valence-electron chi connectivity index (χ2n) is 3.72. The van der Waals surface area contributed by atoms with Gasteiger partial charge in [-0.3, -0.25) is 4.79 Å². The van der Waals surface area contributed by atoms with Gasteiger partial charge in [0, 0.05) is 11.9 Å². The van der Waals surface area contributed by atoms with Gasteiger partial charge in [-0.05, 0) is 18.6 Å². The highest BCUT2D eigenvalue weighted by Gasteiger charge is 2.11. The zero-order valence-corrected chi connectivity index (χ0v) is 10.6. The van der Waals surface area contributed by atoms with Crippen LogP contribution >= 0.6 is 11.8 Å². The van der Waals surface area contributed by atoms with Crippen LogP contribution in [0.25, 0.3) is 0 Å². The quantitative estimate of drug-likeness (QED) is 0.613. The summed E-state index contributed by atoms with van der Waals surface area (Å²) in [6.45, 7) is 2.04. The van der Waals surface area contributed by atoms with Gasteiger partial charge in [0.25, 0.3) is 0 Å². The van der Waals surface area contributed by atoms with Crippen LogP contribution in [0.4, 0.5) is 0 Å². The van der Waals surface area contributed by atoms with Crippen molar-refractivity contribution in [2.24, 2.45) is 7.05 Å². The fraction of sp³-hybridized carbons (Fsp3) is 0.250. The zero-order chi connectivity index (χ0) is 12.3. The van der Waals surface area contributed by atoms with Crippen molar-refractivity contribution in [2.45, 2.75) is 11.8 Å². The lowest BCUT2D eigenvalue weighted by atomic mass is 10.2. The Morgan fingerprint density at radius 3 is 2.82 bits per heavy atom. The standard InChI is InChI=1S/C12H13N3OS/c1-9-5-3-4-6-12(9)17-8-11(16)10-7-13-14-15(10)2/h3-7H,8H2,1-2H3. The maximum Gasteiger partial charge on any atom is 0.192 e. The number of ketones is 1. The predicted molar refractivity (Wildman–Crippen MR) is 67.2 cm³/mol. The molecule has 0 aliphatic rings. The third kappa shape index (κ3) is 2.74. The lowest BCUT2D eigenvalue weighted by Crippen LogP contribution is -2.09. The van der Waals surface area contributed by atoms with Gasteiger partial charge in [0.2, 0.25) is 0 Å². The van der Waals surface area contributed by atoms with Crippen LogP contribution in [0.15, 0.2) is 35.4 Å². The number of carbonyl (C=O) groups is 1. The van der Waals surface area contributed by atoms with Crippen molar-refractivity contribution in [3.8, 4) is 0 Å². The fourth-order valence-electron chi connectivity index (χ4n) is 1.48. The smallest absolute Gasteiger partial charge is 0.192 e. The summed E-state index contributed by atoms with van der Waals surface area (Å²) < 4.78 is 1.50. The SMILES string of the molecule is Cc1ccccc1SCC(=O)c1cnnn1C. The van der Waals surface area contributed by atoms with E-state index < -0.39 is 0 Å². The number of hydrogen-bond donors (Lipinski definition) is 0. The first-order chi connectivity index (χ1) is 8.18. The van der Waals surface area contributed by atoms with Crippen LogP contribution in [0, 0.1) is 6.92 Å². The molecule has 0 fully saturated rings. The minimum Gasteiger partial charge on any atom is -0.291 e. The molecule has 2 rings (SSSR count). The normalized spacial score (nSPS) is 10.5. The Labute approximate surface area is 104 Å². The first-order valence-corrected chi connectivity index (χ1v) is 6.23. The maximum absolute atomic E-state index is 11.9. The van der Waals surface area contributed by atoms with E-state index in [4.69, 9.17) is 0 Å². The molecular formula is C12H13N3OS. The van der Waals surface area contributed by atoms with E-state index in [1.165, 1.54) is 16.4 Å². The molecule has 88 valence electrons. The largest absolute Gasteiger partial charge is 0.291 e. The van der Waals surface area contributed by atoms with E-state index in [2.05, 4.69) is 10.3 Å². The van der Waals surface area contributed by atoms with Crippen molar-refractivity contribution in [3.05, 3.63) is 41.7 Å². The van der Waals surface area contributed by atoms with Crippen molar-refractivity contribution >= 4 is 17.5 Å². The lowest BCUT2D eigenvalue weighted by molar-refractivity contribution is 0.101. The number of benzene rings is 1. The van der Waals surface area contributed by atoms with Gasteiger partial charge in [-0.25, -0.2) is 4.68 Å². The molecule has 0 unspecified atom stereocenters. The molecule has 2 aromatic rings. The van der Waals surface area contributed by atoms with Crippen LogP contribution in [-0.4, -0.2) is 26.5 Å². The van der Waals surface area contributed by atoms with Gasteiger partial charge in [0.15, 0.2) is 5.78 Å². The van der Waals surface area contributed by atoms with Crippen molar-refractivity contribution in [2.75, 3.05) is 5.75 Å². The Morgan fingerprint density at radius 2 is 2.18 bits per heavy atom. The molecule has 0 saturated heterocycles. The highest BCUT2D eigenvalue weighted by Crippen LogP contribution is 2.22. The highest BCUT2D eigenvalue weighted by molar-refractivity contribution is 8.00. The number of hydrogen-bond acceptors (Lipinski definition) is 4. The molecule has 0 atom stereocenters. The molecule has 0 bridgehead atoms. The van der Waals surface area contributed by atoms with Gasteiger partial charge in [0.1, 0.15) is 5.69 Å². The summed E-state index contributed by atoms with van der Waals surface area (Å²) in [5.41, 5.74) is 1.74. The van der Waals surface area contributed by atoms with Crippen LogP contribution in [0.5, 0.6) is 0 Å². The molecular weight excluding hydrogens is 234 g/mol. The molecule has 0 aliphatic heterocycles. The molecule has 0 saturated carbocycles. The average Bonchev–Trinajstić information content (AvgIpc) is 2.74. The van der Waals surface area contributed by atoms with Gasteiger partial charge in [-0.2, -0.15) is 0 Å². The number of rotatable bonds is 4. The zero-order valence-electron chi connectivity index (χ0n) is 9.75. The van der Waals surface area contributed by atoms with Crippen LogP contribution < -0.4 is 0 Å². The molecule has 17 heavy (non-hydrogen) atoms. The molecule has 0 N–H and O–H groups in total. The number of carbonyl (C=O) groups excluding carboxylic acids is 1. The van der Waals surface area contributed by atoms with Crippen molar-refractivity contribution < 1.29 is 4.79 Å². The van der Waals surface area contributed by atoms with Gasteiger partial charge in [-0.15, -0.1) is 16.9 Å². The van der Waals surface area contributed by atoms with Crippen LogP contribution in [0.3, 0.4) is 0 Å². The second-order valence-corrected chi connectivity index (χ2v) is 4.74. The molecule has 5 heteroatoms. The monoisotopic (exact) mass is 247 g/mol. The predicted octanol–water partition coefficient (Wildman–Crippen LogP) is 2.10. The fourth-order valence-corrected chi connectivity index (χ4v) is 2.38. The molecule has 1 heterocycles. The van der Waals surface area contributed by atoms with Crippen molar-refractivity contribution in [1.29, 1.82) is 0 Å². The van der Waals surface area contributed by atoms with Crippen molar-refractivity contribution in [1.82, 2.24) is 15.0 Å². The second kappa shape index (κ2) is 5.14. The van der Waals surface area contributed by atoms with Crippen LogP contribution in [0.2, 0.25) is 0 Å². The molecule has 1 aromatic carbocycles. The molecule has 0 spiro atoms. The Morgan fingerprint density at radius 1 is 1.41 bits per heavy atom. The number of Topliss-reactive ketones (excluding diaryl/α,β-unsaturated/α-hetero) is 1. The summed E-state index contributed by atoms with van der Waals surface area (Å²) in [5.74, 6) is 0.456. The molecule has 0 aliphatic carbocycles. The minimum absolute atomic E-state index is 0.0470. The first-order valence-electron chi connectivity index (χ1n) is 5.25. The average molecular weight is 247 g/mol. The van der Waals surface area contributed by atoms with Crippen LogP contribution in [0.1, 0.15) is 16.1 Å². The van der Waals surface area contributed by atoms with E-state index in [0.29, 0.717) is 11.4 Å². The van der Waals surface area contributed by atoms with E-state index in [9.17, 15) is 4.79 Å². The summed E-state index contributed by atoms with van der Waals surface area (Å²) >= 11 is 1.54. The van der Waals surface area contributed by atoms with Gasteiger partial charge < -0.3 is 0 Å². The maximum atomic E-state index is 11.9. The third-order valence-electron chi connectivity index (χ3n) is 2.45. The van der Waals surface area contributed by atoms with Crippen LogP contribution in [-0.2, 0) is 7.05 Å². The lowest BCUT2D eigenvalue weighted by Gasteiger charge is -2.04. The molecule has 4 nitrogen and oxygen atoms in total. The van der Waals surface area contributed by atoms with E-state index in [-0.39, 0.29) is 5.78 Å². The summed E-state index contributed by atoms with van der Waals surface area (Å²) in [4.78, 5) is 13.0. The highest BCUT2D eigenvalue weighted by atomic mass is 32.2. The number of aryl methyl sites for hydroxylation is 2. The molecule has 1 aromatic heterocycles. The minimum atomic E-state index is 0.0470.